The summed E-state index contributed by atoms with van der Waals surface area (Å²) in [5.41, 5.74) is 6.12. The van der Waals surface area contributed by atoms with Crippen molar-refractivity contribution in [3.63, 3.8) is 0 Å². The fourth-order valence-corrected chi connectivity index (χ4v) is 3.03. The van der Waals surface area contributed by atoms with Crippen molar-refractivity contribution in [2.75, 3.05) is 18.5 Å². The number of halogens is 1. The molecule has 2 atom stereocenters. The molecule has 0 saturated heterocycles. The number of carbonyl (C=O) groups excluding carboxylic acids is 2. The molecule has 2 amide bonds. The van der Waals surface area contributed by atoms with Gasteiger partial charge in [0.25, 0.3) is 5.91 Å². The highest BCUT2D eigenvalue weighted by molar-refractivity contribution is 6.00. The third kappa shape index (κ3) is 3.97. The second kappa shape index (κ2) is 8.17. The quantitative estimate of drug-likeness (QED) is 0.717. The Bertz CT molecular complexity index is 618. The van der Waals surface area contributed by atoms with Crippen molar-refractivity contribution >= 4 is 29.9 Å². The Morgan fingerprint density at radius 3 is 2.32 bits per heavy atom. The van der Waals surface area contributed by atoms with E-state index in [1.54, 1.807) is 24.3 Å². The molecule has 140 valence electrons. The first kappa shape index (κ1) is 21.4. The van der Waals surface area contributed by atoms with E-state index in [-0.39, 0.29) is 30.3 Å². The Labute approximate surface area is 155 Å². The van der Waals surface area contributed by atoms with Crippen LogP contribution in [0.3, 0.4) is 0 Å². The first-order valence-corrected chi connectivity index (χ1v) is 8.36. The number of hydrogen-bond acceptors (Lipinski definition) is 4. The molecule has 0 aliphatic heterocycles. The summed E-state index contributed by atoms with van der Waals surface area (Å²) in [6.45, 7) is 8.88. The predicted molar refractivity (Wildman–Crippen MR) is 101 cm³/mol. The van der Waals surface area contributed by atoms with E-state index >= 15 is 0 Å². The lowest BCUT2D eigenvalue weighted by Gasteiger charge is -2.57. The number of anilines is 1. The van der Waals surface area contributed by atoms with Crippen LogP contribution in [0.2, 0.25) is 0 Å². The molecular weight excluding hydrogens is 342 g/mol. The van der Waals surface area contributed by atoms with Crippen LogP contribution in [0.1, 0.15) is 44.5 Å². The molecule has 0 bridgehead atoms. The summed E-state index contributed by atoms with van der Waals surface area (Å²) >= 11 is 0. The minimum atomic E-state index is -0.967. The van der Waals surface area contributed by atoms with Gasteiger partial charge < -0.3 is 21.1 Å². The van der Waals surface area contributed by atoms with Crippen molar-refractivity contribution in [1.29, 1.82) is 0 Å². The summed E-state index contributed by atoms with van der Waals surface area (Å²) in [6.07, 6.45) is 0.481. The first-order chi connectivity index (χ1) is 11.3. The van der Waals surface area contributed by atoms with E-state index in [0.717, 1.165) is 0 Å². The molecule has 1 aromatic rings. The van der Waals surface area contributed by atoms with Crippen molar-refractivity contribution < 1.29 is 14.3 Å². The summed E-state index contributed by atoms with van der Waals surface area (Å²) in [4.78, 5) is 24.4. The molecule has 6 nitrogen and oxygen atoms in total. The van der Waals surface area contributed by atoms with E-state index in [4.69, 9.17) is 10.5 Å². The molecule has 4 N–H and O–H groups in total. The maximum atomic E-state index is 12.6. The summed E-state index contributed by atoms with van der Waals surface area (Å²) in [5, 5.41) is 5.58. The molecule has 1 aliphatic rings. The van der Waals surface area contributed by atoms with Crippen LogP contribution in [0.15, 0.2) is 24.3 Å². The molecule has 1 aromatic carbocycles. The van der Waals surface area contributed by atoms with Gasteiger partial charge in [-0.05, 0) is 38.1 Å². The summed E-state index contributed by atoms with van der Waals surface area (Å²) < 4.78 is 5.65. The van der Waals surface area contributed by atoms with Gasteiger partial charge in [0.05, 0.1) is 6.10 Å². The molecular formula is C18H28ClN3O3. The minimum Gasteiger partial charge on any atom is -0.378 e. The summed E-state index contributed by atoms with van der Waals surface area (Å²) in [7, 11) is 0. The lowest BCUT2D eigenvalue weighted by molar-refractivity contribution is -0.166. The Morgan fingerprint density at radius 2 is 1.84 bits per heavy atom. The Morgan fingerprint density at radius 1 is 1.24 bits per heavy atom. The first-order valence-electron chi connectivity index (χ1n) is 8.36. The predicted octanol–water partition coefficient (Wildman–Crippen LogP) is 2.33. The van der Waals surface area contributed by atoms with Gasteiger partial charge in [-0.2, -0.15) is 0 Å². The normalized spacial score (nSPS) is 23.8. The van der Waals surface area contributed by atoms with Crippen LogP contribution in [0.4, 0.5) is 5.69 Å². The maximum Gasteiger partial charge on any atom is 0.251 e. The van der Waals surface area contributed by atoms with Gasteiger partial charge in [-0.15, -0.1) is 12.4 Å². The lowest BCUT2D eigenvalue weighted by atomic mass is 9.54. The van der Waals surface area contributed by atoms with Crippen molar-refractivity contribution in [3.05, 3.63) is 29.8 Å². The molecule has 25 heavy (non-hydrogen) atoms. The maximum absolute atomic E-state index is 12.6. The van der Waals surface area contributed by atoms with Crippen molar-refractivity contribution in [3.8, 4) is 0 Å². The van der Waals surface area contributed by atoms with Crippen molar-refractivity contribution in [2.24, 2.45) is 11.1 Å². The number of hydrogen-bond donors (Lipinski definition) is 3. The van der Waals surface area contributed by atoms with Crippen LogP contribution < -0.4 is 16.4 Å². The van der Waals surface area contributed by atoms with Crippen LogP contribution in [-0.2, 0) is 9.53 Å². The Hall–Kier alpha value is -1.63. The molecule has 1 fully saturated rings. The second-order valence-electron chi connectivity index (χ2n) is 6.73. The SMILES string of the molecule is CCNC(=O)c1ccc(NC(=O)C2(N)CC(OCC)C2(C)C)cc1.Cl. The fourth-order valence-electron chi connectivity index (χ4n) is 3.03. The van der Waals surface area contributed by atoms with Crippen molar-refractivity contribution in [2.45, 2.75) is 45.8 Å². The fraction of sp³-hybridized carbons (Fsp3) is 0.556. The lowest BCUT2D eigenvalue weighted by Crippen LogP contribution is -2.74. The van der Waals surface area contributed by atoms with E-state index in [0.29, 0.717) is 30.8 Å². The molecule has 0 heterocycles. The number of ether oxygens (including phenoxy) is 1. The van der Waals surface area contributed by atoms with Crippen LogP contribution >= 0.6 is 12.4 Å². The van der Waals surface area contributed by atoms with Gasteiger partial charge in [-0.3, -0.25) is 9.59 Å². The number of carbonyl (C=O) groups is 2. The van der Waals surface area contributed by atoms with E-state index in [1.807, 2.05) is 27.7 Å². The van der Waals surface area contributed by atoms with Gasteiger partial charge in [0.15, 0.2) is 0 Å². The van der Waals surface area contributed by atoms with Gasteiger partial charge in [-0.1, -0.05) is 13.8 Å². The van der Waals surface area contributed by atoms with Crippen LogP contribution in [0.25, 0.3) is 0 Å². The standard InChI is InChI=1S/C18H27N3O3.ClH/c1-5-20-15(22)12-7-9-13(10-8-12)21-16(23)18(19)11-14(24-6-2)17(18,3)4;/h7-10,14H,5-6,11,19H2,1-4H3,(H,20,22)(H,21,23);1H. The van der Waals surface area contributed by atoms with E-state index in [1.165, 1.54) is 0 Å². The smallest absolute Gasteiger partial charge is 0.251 e. The highest BCUT2D eigenvalue weighted by Gasteiger charge is 2.62. The third-order valence-electron chi connectivity index (χ3n) is 4.98. The average molecular weight is 370 g/mol. The Balaban J connectivity index is 0.00000312. The molecule has 0 radical (unpaired) electrons. The second-order valence-corrected chi connectivity index (χ2v) is 6.73. The monoisotopic (exact) mass is 369 g/mol. The van der Waals surface area contributed by atoms with E-state index in [2.05, 4.69) is 10.6 Å². The molecule has 1 saturated carbocycles. The third-order valence-corrected chi connectivity index (χ3v) is 4.98. The molecule has 2 rings (SSSR count). The molecule has 0 aromatic heterocycles. The number of rotatable bonds is 6. The minimum absolute atomic E-state index is 0. The number of nitrogens with one attached hydrogen (secondary N) is 2. The molecule has 2 unspecified atom stereocenters. The van der Waals surface area contributed by atoms with Gasteiger partial charge in [-0.25, -0.2) is 0 Å². The zero-order valence-electron chi connectivity index (χ0n) is 15.2. The van der Waals surface area contributed by atoms with Gasteiger partial charge in [0.1, 0.15) is 5.54 Å². The zero-order valence-corrected chi connectivity index (χ0v) is 16.0. The van der Waals surface area contributed by atoms with Crippen LogP contribution in [-0.4, -0.2) is 36.6 Å². The van der Waals surface area contributed by atoms with Crippen LogP contribution in [0, 0.1) is 5.41 Å². The van der Waals surface area contributed by atoms with Gasteiger partial charge in [0.2, 0.25) is 5.91 Å². The average Bonchev–Trinajstić information content (AvgIpc) is 2.55. The van der Waals surface area contributed by atoms with Gasteiger partial charge >= 0.3 is 0 Å². The number of amides is 2. The largest absolute Gasteiger partial charge is 0.378 e. The van der Waals surface area contributed by atoms with Crippen LogP contribution in [0.5, 0.6) is 0 Å². The van der Waals surface area contributed by atoms with E-state index < -0.39 is 11.0 Å². The van der Waals surface area contributed by atoms with E-state index in [9.17, 15) is 9.59 Å². The molecule has 0 spiro atoms. The molecule has 1 aliphatic carbocycles. The number of nitrogens with two attached hydrogens (primary N) is 1. The zero-order chi connectivity index (χ0) is 18.0. The highest BCUT2D eigenvalue weighted by atomic mass is 35.5. The highest BCUT2D eigenvalue weighted by Crippen LogP contribution is 2.50. The molecule has 7 heteroatoms. The summed E-state index contributed by atoms with van der Waals surface area (Å²) in [6, 6.07) is 6.77. The van der Waals surface area contributed by atoms with Gasteiger partial charge in [0, 0.05) is 36.2 Å². The topological polar surface area (TPSA) is 93.5 Å². The van der Waals surface area contributed by atoms with Crippen molar-refractivity contribution in [1.82, 2.24) is 5.32 Å². The Kier molecular flexibility index (Phi) is 6.99. The number of benzene rings is 1. The summed E-state index contributed by atoms with van der Waals surface area (Å²) in [5.74, 6) is -0.362.